The third-order valence-corrected chi connectivity index (χ3v) is 7.09. The number of methoxy groups -OCH3 is 1. The van der Waals surface area contributed by atoms with Gasteiger partial charge in [0.15, 0.2) is 11.5 Å². The second-order valence-corrected chi connectivity index (χ2v) is 10.9. The summed E-state index contributed by atoms with van der Waals surface area (Å²) in [6, 6.07) is 20.8. The summed E-state index contributed by atoms with van der Waals surface area (Å²) in [5.41, 5.74) is 2.61. The van der Waals surface area contributed by atoms with Gasteiger partial charge in [0, 0.05) is 21.1 Å². The average molecular weight is 560 g/mol. The van der Waals surface area contributed by atoms with Crippen LogP contribution in [0.5, 0.6) is 5.75 Å². The molecule has 0 saturated carbocycles. The lowest BCUT2D eigenvalue weighted by molar-refractivity contribution is -0.117. The molecule has 0 fully saturated rings. The van der Waals surface area contributed by atoms with E-state index in [-0.39, 0.29) is 16.7 Å². The molecule has 1 N–H and O–H groups in total. The highest BCUT2D eigenvalue weighted by Crippen LogP contribution is 2.45. The third-order valence-electron chi connectivity index (χ3n) is 6.60. The van der Waals surface area contributed by atoms with Gasteiger partial charge in [0.05, 0.1) is 18.7 Å². The maximum absolute atomic E-state index is 13.9. The Morgan fingerprint density at radius 1 is 1.03 bits per heavy atom. The van der Waals surface area contributed by atoms with Crippen molar-refractivity contribution in [2.24, 2.45) is 0 Å². The number of aliphatic hydroxyl groups is 1. The number of carbonyl (C=O) groups excluding carboxylic acids is 2. The number of fused-ring (bicyclic) bond motifs is 1. The molecule has 2 heterocycles. The number of Topliss-reactive ketones (excluding diaryl/α,β-unsaturated/α-hetero) is 1. The molecule has 0 saturated heterocycles. The molecular formula is C30H26BrNO5. The van der Waals surface area contributed by atoms with Gasteiger partial charge in [-0.05, 0) is 53.4 Å². The molecule has 5 rings (SSSR count). The molecule has 37 heavy (non-hydrogen) atoms. The topological polar surface area (TPSA) is 80.0 Å². The molecule has 1 amide bonds. The number of nitrogens with zero attached hydrogens (tertiary/aromatic N) is 1. The number of anilines is 1. The number of furan rings is 1. The Hall–Kier alpha value is -3.84. The molecule has 0 aliphatic carbocycles. The quantitative estimate of drug-likeness (QED) is 0.260. The Labute approximate surface area is 223 Å². The Bertz CT molecular complexity index is 1560. The van der Waals surface area contributed by atoms with E-state index in [1.54, 1.807) is 30.3 Å². The highest BCUT2D eigenvalue weighted by atomic mass is 79.9. The van der Waals surface area contributed by atoms with E-state index in [4.69, 9.17) is 9.15 Å². The van der Waals surface area contributed by atoms with Crippen LogP contribution in [0.2, 0.25) is 0 Å². The van der Waals surface area contributed by atoms with Crippen molar-refractivity contribution < 1.29 is 23.8 Å². The van der Waals surface area contributed by atoms with Gasteiger partial charge < -0.3 is 14.3 Å². The normalized spacial score (nSPS) is 16.1. The van der Waals surface area contributed by atoms with Crippen LogP contribution in [0.1, 0.15) is 48.5 Å². The molecule has 188 valence electrons. The van der Waals surface area contributed by atoms with Crippen LogP contribution in [0.15, 0.2) is 93.0 Å². The molecule has 0 bridgehead atoms. The minimum atomic E-state index is -0.920. The monoisotopic (exact) mass is 559 g/mol. The van der Waals surface area contributed by atoms with Gasteiger partial charge in [0.25, 0.3) is 5.91 Å². The Morgan fingerprint density at radius 2 is 1.73 bits per heavy atom. The number of ether oxygens (including phenoxy) is 1. The van der Waals surface area contributed by atoms with Crippen molar-refractivity contribution in [2.45, 2.75) is 32.2 Å². The van der Waals surface area contributed by atoms with E-state index >= 15 is 0 Å². The van der Waals surface area contributed by atoms with Crippen molar-refractivity contribution >= 4 is 44.3 Å². The van der Waals surface area contributed by atoms with Gasteiger partial charge in [-0.2, -0.15) is 0 Å². The SMILES string of the molecule is COc1ccccc1C1C(C(=O)c2cc3cc(Br)ccc3o2)=C(O)C(=O)N1c1ccc(C(C)(C)C)cc1. The summed E-state index contributed by atoms with van der Waals surface area (Å²) in [6.07, 6.45) is 0. The first-order valence-electron chi connectivity index (χ1n) is 11.8. The van der Waals surface area contributed by atoms with Crippen molar-refractivity contribution in [3.63, 3.8) is 0 Å². The van der Waals surface area contributed by atoms with Gasteiger partial charge in [-0.25, -0.2) is 0 Å². The summed E-state index contributed by atoms with van der Waals surface area (Å²) >= 11 is 3.43. The minimum absolute atomic E-state index is 0.0345. The van der Waals surface area contributed by atoms with E-state index in [9.17, 15) is 14.7 Å². The van der Waals surface area contributed by atoms with E-state index in [0.717, 1.165) is 15.4 Å². The van der Waals surface area contributed by atoms with Crippen LogP contribution in [0, 0.1) is 0 Å². The van der Waals surface area contributed by atoms with Crippen LogP contribution in [-0.4, -0.2) is 23.9 Å². The number of amides is 1. The predicted octanol–water partition coefficient (Wildman–Crippen LogP) is 7.28. The van der Waals surface area contributed by atoms with Crippen molar-refractivity contribution in [3.05, 3.63) is 105 Å². The molecule has 3 aromatic carbocycles. The summed E-state index contributed by atoms with van der Waals surface area (Å²) in [5, 5.41) is 11.8. The molecule has 1 atom stereocenters. The minimum Gasteiger partial charge on any atom is -0.503 e. The van der Waals surface area contributed by atoms with Crippen LogP contribution in [0.25, 0.3) is 11.0 Å². The van der Waals surface area contributed by atoms with Crippen LogP contribution in [-0.2, 0) is 10.2 Å². The fourth-order valence-electron chi connectivity index (χ4n) is 4.67. The van der Waals surface area contributed by atoms with Crippen LogP contribution >= 0.6 is 15.9 Å². The number of para-hydroxylation sites is 1. The van der Waals surface area contributed by atoms with Crippen molar-refractivity contribution in [1.29, 1.82) is 0 Å². The largest absolute Gasteiger partial charge is 0.503 e. The maximum atomic E-state index is 13.9. The van der Waals surface area contributed by atoms with Crippen molar-refractivity contribution in [2.75, 3.05) is 12.0 Å². The van der Waals surface area contributed by atoms with E-state index < -0.39 is 23.5 Å². The first-order valence-corrected chi connectivity index (χ1v) is 12.6. The first-order chi connectivity index (χ1) is 17.6. The zero-order valence-corrected chi connectivity index (χ0v) is 22.5. The highest BCUT2D eigenvalue weighted by Gasteiger charge is 2.46. The van der Waals surface area contributed by atoms with Gasteiger partial charge in [-0.15, -0.1) is 0 Å². The zero-order valence-electron chi connectivity index (χ0n) is 20.9. The highest BCUT2D eigenvalue weighted by molar-refractivity contribution is 9.10. The van der Waals surface area contributed by atoms with E-state index in [2.05, 4.69) is 36.7 Å². The molecule has 1 unspecified atom stereocenters. The lowest BCUT2D eigenvalue weighted by Crippen LogP contribution is -2.31. The Morgan fingerprint density at radius 3 is 2.41 bits per heavy atom. The van der Waals surface area contributed by atoms with Crippen molar-refractivity contribution in [3.8, 4) is 5.75 Å². The van der Waals surface area contributed by atoms with Gasteiger partial charge in [0.1, 0.15) is 11.3 Å². The molecule has 7 heteroatoms. The molecular weight excluding hydrogens is 534 g/mol. The molecule has 6 nitrogen and oxygen atoms in total. The summed E-state index contributed by atoms with van der Waals surface area (Å²) in [5.74, 6) is -1.32. The standard InChI is InChI=1S/C30H26BrNO5/c1-30(2,3)18-9-12-20(13-10-18)32-26(21-7-5-6-8-23(21)36-4)25(28(34)29(32)35)27(33)24-16-17-15-19(31)11-14-22(17)37-24/h5-16,26,34H,1-4H3. The smallest absolute Gasteiger partial charge is 0.294 e. The number of hydrogen-bond acceptors (Lipinski definition) is 5. The summed E-state index contributed by atoms with van der Waals surface area (Å²) in [6.45, 7) is 6.32. The number of rotatable bonds is 5. The van der Waals surface area contributed by atoms with E-state index in [0.29, 0.717) is 22.6 Å². The second-order valence-electron chi connectivity index (χ2n) is 10.0. The number of halogens is 1. The van der Waals surface area contributed by atoms with E-state index in [1.165, 1.54) is 12.0 Å². The van der Waals surface area contributed by atoms with Crippen LogP contribution in [0.4, 0.5) is 5.69 Å². The summed E-state index contributed by atoms with van der Waals surface area (Å²) < 4.78 is 12.3. The van der Waals surface area contributed by atoms with Crippen LogP contribution in [0.3, 0.4) is 0 Å². The predicted molar refractivity (Wildman–Crippen MR) is 146 cm³/mol. The first kappa shape index (κ1) is 24.8. The van der Waals surface area contributed by atoms with Crippen molar-refractivity contribution in [1.82, 2.24) is 0 Å². The van der Waals surface area contributed by atoms with Gasteiger partial charge >= 0.3 is 0 Å². The van der Waals surface area contributed by atoms with Crippen LogP contribution < -0.4 is 9.64 Å². The molecule has 4 aromatic rings. The number of aliphatic hydroxyl groups excluding tert-OH is 1. The lowest BCUT2D eigenvalue weighted by atomic mass is 9.87. The average Bonchev–Trinajstić information content (AvgIpc) is 3.41. The fourth-order valence-corrected chi connectivity index (χ4v) is 5.05. The molecule has 1 aliphatic rings. The van der Waals surface area contributed by atoms with Gasteiger partial charge in [-0.1, -0.05) is 67.0 Å². The Kier molecular flexibility index (Phi) is 6.20. The molecule has 1 aliphatic heterocycles. The number of hydrogen-bond donors (Lipinski definition) is 1. The second kappa shape index (κ2) is 9.23. The molecule has 1 aromatic heterocycles. The Balaban J connectivity index is 1.66. The maximum Gasteiger partial charge on any atom is 0.294 e. The lowest BCUT2D eigenvalue weighted by Gasteiger charge is -2.28. The summed E-state index contributed by atoms with van der Waals surface area (Å²) in [4.78, 5) is 28.8. The number of benzene rings is 3. The van der Waals surface area contributed by atoms with E-state index in [1.807, 2.05) is 42.5 Å². The number of ketones is 1. The zero-order chi connectivity index (χ0) is 26.5. The molecule has 0 spiro atoms. The summed E-state index contributed by atoms with van der Waals surface area (Å²) in [7, 11) is 1.53. The van der Waals surface area contributed by atoms with Gasteiger partial charge in [-0.3, -0.25) is 14.5 Å². The number of carbonyl (C=O) groups is 2. The fraction of sp³-hybridized carbons (Fsp3) is 0.200. The third kappa shape index (κ3) is 4.33. The van der Waals surface area contributed by atoms with Gasteiger partial charge in [0.2, 0.25) is 5.78 Å². The molecule has 0 radical (unpaired) electrons.